The van der Waals surface area contributed by atoms with Gasteiger partial charge in [-0.1, -0.05) is 38.1 Å². The number of carbonyl (C=O) groups is 2. The molecule has 2 aromatic rings. The van der Waals surface area contributed by atoms with Crippen molar-refractivity contribution in [1.29, 1.82) is 0 Å². The number of pyridine rings is 1. The first kappa shape index (κ1) is 21.8. The summed E-state index contributed by atoms with van der Waals surface area (Å²) in [6.45, 7) is 7.95. The number of nitrogens with zero attached hydrogens (tertiary/aromatic N) is 1. The normalized spacial score (nSPS) is 19.9. The van der Waals surface area contributed by atoms with Crippen LogP contribution < -0.4 is 15.4 Å². The molecule has 1 amide bonds. The Morgan fingerprint density at radius 3 is 2.59 bits per heavy atom. The average Bonchev–Trinajstić information content (AvgIpc) is 2.71. The van der Waals surface area contributed by atoms with Crippen molar-refractivity contribution in [1.82, 2.24) is 10.3 Å². The van der Waals surface area contributed by atoms with Crippen LogP contribution in [0.1, 0.15) is 50.8 Å². The number of aromatic nitrogens is 1. The van der Waals surface area contributed by atoms with Gasteiger partial charge in [0.05, 0.1) is 13.0 Å². The molecular formula is C26H29N3O3. The van der Waals surface area contributed by atoms with Gasteiger partial charge in [0.15, 0.2) is 5.78 Å². The summed E-state index contributed by atoms with van der Waals surface area (Å²) >= 11 is 0. The molecule has 1 aliphatic heterocycles. The minimum atomic E-state index is -0.518. The number of hydrogen-bond donors (Lipinski definition) is 2. The number of ketones is 1. The van der Waals surface area contributed by atoms with Crippen LogP contribution in [0.3, 0.4) is 0 Å². The van der Waals surface area contributed by atoms with E-state index in [9.17, 15) is 9.59 Å². The average molecular weight is 432 g/mol. The summed E-state index contributed by atoms with van der Waals surface area (Å²) in [6, 6.07) is 13.1. The topological polar surface area (TPSA) is 80.3 Å². The first-order chi connectivity index (χ1) is 15.2. The molecule has 0 fully saturated rings. The van der Waals surface area contributed by atoms with Crippen molar-refractivity contribution in [3.63, 3.8) is 0 Å². The third kappa shape index (κ3) is 4.05. The van der Waals surface area contributed by atoms with E-state index < -0.39 is 5.92 Å². The fourth-order valence-electron chi connectivity index (χ4n) is 4.75. The van der Waals surface area contributed by atoms with Crippen LogP contribution in [0.2, 0.25) is 0 Å². The van der Waals surface area contributed by atoms with E-state index in [0.29, 0.717) is 29.1 Å². The molecule has 6 heteroatoms. The zero-order valence-corrected chi connectivity index (χ0v) is 19.2. The van der Waals surface area contributed by atoms with Crippen LogP contribution in [0.5, 0.6) is 5.75 Å². The summed E-state index contributed by atoms with van der Waals surface area (Å²) in [4.78, 5) is 31.4. The van der Waals surface area contributed by atoms with Crippen molar-refractivity contribution < 1.29 is 14.3 Å². The summed E-state index contributed by atoms with van der Waals surface area (Å²) in [5.74, 6) is 0.385. The summed E-state index contributed by atoms with van der Waals surface area (Å²) in [6.07, 6.45) is 1.18. The molecule has 1 aliphatic carbocycles. The van der Waals surface area contributed by atoms with Gasteiger partial charge in [-0.3, -0.25) is 9.59 Å². The third-order valence-corrected chi connectivity index (χ3v) is 6.06. The first-order valence-electron chi connectivity index (χ1n) is 10.8. The maximum Gasteiger partial charge on any atom is 0.255 e. The SMILES string of the molecule is COc1ccccc1[C@H]1C(C(=O)Nc2cccc(C)n2)=C(C)NC2=C1C(=O)CC(C)(C)C2. The van der Waals surface area contributed by atoms with Gasteiger partial charge in [-0.25, -0.2) is 4.98 Å². The Morgan fingerprint density at radius 2 is 1.88 bits per heavy atom. The summed E-state index contributed by atoms with van der Waals surface area (Å²) in [5.41, 5.74) is 4.26. The summed E-state index contributed by atoms with van der Waals surface area (Å²) in [5, 5.41) is 6.31. The fourth-order valence-corrected chi connectivity index (χ4v) is 4.75. The number of dihydropyridines is 1. The van der Waals surface area contributed by atoms with Gasteiger partial charge in [0, 0.05) is 40.2 Å². The smallest absolute Gasteiger partial charge is 0.255 e. The first-order valence-corrected chi connectivity index (χ1v) is 10.8. The monoisotopic (exact) mass is 431 g/mol. The fraction of sp³-hybridized carbons (Fsp3) is 0.346. The molecule has 0 spiro atoms. The van der Waals surface area contributed by atoms with E-state index in [2.05, 4.69) is 29.5 Å². The maximum absolute atomic E-state index is 13.6. The highest BCUT2D eigenvalue weighted by Crippen LogP contribution is 2.48. The number of amides is 1. The molecule has 2 N–H and O–H groups in total. The second-order valence-corrected chi connectivity index (χ2v) is 9.29. The van der Waals surface area contributed by atoms with Gasteiger partial charge >= 0.3 is 0 Å². The lowest BCUT2D eigenvalue weighted by Gasteiger charge is -2.39. The molecule has 32 heavy (non-hydrogen) atoms. The predicted octanol–water partition coefficient (Wildman–Crippen LogP) is 4.64. The Kier molecular flexibility index (Phi) is 5.63. The van der Waals surface area contributed by atoms with Crippen molar-refractivity contribution >= 4 is 17.5 Å². The molecule has 1 aromatic carbocycles. The molecular weight excluding hydrogens is 402 g/mol. The van der Waals surface area contributed by atoms with E-state index in [4.69, 9.17) is 4.74 Å². The van der Waals surface area contributed by atoms with Crippen molar-refractivity contribution in [2.24, 2.45) is 5.41 Å². The van der Waals surface area contributed by atoms with Gasteiger partial charge in [-0.05, 0) is 43.9 Å². The molecule has 1 aromatic heterocycles. The van der Waals surface area contributed by atoms with E-state index >= 15 is 0 Å². The quantitative estimate of drug-likeness (QED) is 0.737. The second-order valence-electron chi connectivity index (χ2n) is 9.29. The lowest BCUT2D eigenvalue weighted by Crippen LogP contribution is -2.39. The highest BCUT2D eigenvalue weighted by Gasteiger charge is 2.43. The number of aryl methyl sites for hydroxylation is 1. The van der Waals surface area contributed by atoms with Crippen molar-refractivity contribution in [3.8, 4) is 5.75 Å². The van der Waals surface area contributed by atoms with Crippen LogP contribution in [0.25, 0.3) is 0 Å². The minimum Gasteiger partial charge on any atom is -0.496 e. The Hall–Kier alpha value is -3.41. The Bertz CT molecular complexity index is 1160. The van der Waals surface area contributed by atoms with E-state index in [1.54, 1.807) is 13.2 Å². The number of benzene rings is 1. The van der Waals surface area contributed by atoms with Gasteiger partial charge in [0.2, 0.25) is 0 Å². The number of methoxy groups -OCH3 is 1. The van der Waals surface area contributed by atoms with Gasteiger partial charge in [0.25, 0.3) is 5.91 Å². The Balaban J connectivity index is 1.84. The minimum absolute atomic E-state index is 0.0612. The second kappa shape index (κ2) is 8.26. The van der Waals surface area contributed by atoms with E-state index in [0.717, 1.165) is 29.1 Å². The molecule has 0 bridgehead atoms. The van der Waals surface area contributed by atoms with Crippen LogP contribution in [-0.4, -0.2) is 23.8 Å². The Labute approximate surface area is 188 Å². The third-order valence-electron chi connectivity index (χ3n) is 6.06. The molecule has 0 saturated heterocycles. The van der Waals surface area contributed by atoms with Crippen LogP contribution in [0.4, 0.5) is 5.82 Å². The highest BCUT2D eigenvalue weighted by atomic mass is 16.5. The van der Waals surface area contributed by atoms with Gasteiger partial charge < -0.3 is 15.4 Å². The number of Topliss-reactive ketones (excluding diaryl/α,β-unsaturated/α-hetero) is 1. The molecule has 0 saturated carbocycles. The van der Waals surface area contributed by atoms with Crippen LogP contribution >= 0.6 is 0 Å². The lowest BCUT2D eigenvalue weighted by molar-refractivity contribution is -0.118. The number of ether oxygens (including phenoxy) is 1. The Morgan fingerprint density at radius 1 is 1.12 bits per heavy atom. The van der Waals surface area contributed by atoms with E-state index in [1.165, 1.54) is 0 Å². The van der Waals surface area contributed by atoms with Crippen LogP contribution in [0.15, 0.2) is 65.0 Å². The standard InChI is InChI=1S/C26H29N3O3/c1-15-9-8-12-21(27-15)29-25(31)22-16(2)28-18-13-26(3,4)14-19(30)24(18)23(22)17-10-6-7-11-20(17)32-5/h6-12,23,28H,13-14H2,1-5H3,(H,27,29,31)/t23-/m0/s1. The molecule has 166 valence electrons. The number of allylic oxidation sites excluding steroid dienone is 3. The molecule has 6 nitrogen and oxygen atoms in total. The van der Waals surface area contributed by atoms with Gasteiger partial charge in [0.1, 0.15) is 11.6 Å². The van der Waals surface area contributed by atoms with Crippen LogP contribution in [-0.2, 0) is 9.59 Å². The van der Waals surface area contributed by atoms with E-state index in [-0.39, 0.29) is 17.1 Å². The molecule has 1 atom stereocenters. The number of rotatable bonds is 4. The number of carbonyl (C=O) groups excluding carboxylic acids is 2. The molecule has 0 radical (unpaired) electrons. The summed E-state index contributed by atoms with van der Waals surface area (Å²) < 4.78 is 5.63. The molecule has 0 unspecified atom stereocenters. The highest BCUT2D eigenvalue weighted by molar-refractivity contribution is 6.09. The number of para-hydroxylation sites is 1. The zero-order valence-electron chi connectivity index (χ0n) is 19.2. The predicted molar refractivity (Wildman–Crippen MR) is 124 cm³/mol. The van der Waals surface area contributed by atoms with Gasteiger partial charge in [-0.2, -0.15) is 0 Å². The van der Waals surface area contributed by atoms with Crippen molar-refractivity contribution in [2.45, 2.75) is 46.5 Å². The van der Waals surface area contributed by atoms with Crippen LogP contribution in [0, 0.1) is 12.3 Å². The number of anilines is 1. The lowest BCUT2D eigenvalue weighted by atomic mass is 9.68. The van der Waals surface area contributed by atoms with Gasteiger partial charge in [-0.15, -0.1) is 0 Å². The zero-order chi connectivity index (χ0) is 23.0. The maximum atomic E-state index is 13.6. The summed E-state index contributed by atoms with van der Waals surface area (Å²) in [7, 11) is 1.61. The molecule has 2 aliphatic rings. The molecule has 2 heterocycles. The van der Waals surface area contributed by atoms with E-state index in [1.807, 2.05) is 50.2 Å². The number of hydrogen-bond acceptors (Lipinski definition) is 5. The van der Waals surface area contributed by atoms with Crippen molar-refractivity contribution in [3.05, 3.63) is 76.3 Å². The largest absolute Gasteiger partial charge is 0.496 e. The number of nitrogens with one attached hydrogen (secondary N) is 2. The van der Waals surface area contributed by atoms with Crippen molar-refractivity contribution in [2.75, 3.05) is 12.4 Å². The molecule has 4 rings (SSSR count).